The summed E-state index contributed by atoms with van der Waals surface area (Å²) in [4.78, 5) is 8.83. The molecule has 0 spiro atoms. The fourth-order valence-corrected chi connectivity index (χ4v) is 2.46. The number of rotatable bonds is 3. The monoisotopic (exact) mass is 235 g/mol. The second kappa shape index (κ2) is 5.45. The van der Waals surface area contributed by atoms with Crippen molar-refractivity contribution in [3.8, 4) is 0 Å². The average molecular weight is 235 g/mol. The van der Waals surface area contributed by atoms with Gasteiger partial charge in [0.15, 0.2) is 0 Å². The van der Waals surface area contributed by atoms with Crippen LogP contribution in [0.1, 0.15) is 37.1 Å². The quantitative estimate of drug-likeness (QED) is 0.874. The van der Waals surface area contributed by atoms with Gasteiger partial charge in [-0.3, -0.25) is 0 Å². The molecule has 0 radical (unpaired) electrons. The van der Waals surface area contributed by atoms with Crippen molar-refractivity contribution in [3.63, 3.8) is 0 Å². The van der Waals surface area contributed by atoms with E-state index >= 15 is 0 Å². The van der Waals surface area contributed by atoms with Crippen molar-refractivity contribution in [2.75, 3.05) is 12.4 Å². The molecule has 1 aromatic heterocycles. The van der Waals surface area contributed by atoms with Crippen molar-refractivity contribution in [2.24, 2.45) is 0 Å². The third kappa shape index (κ3) is 3.40. The minimum atomic E-state index is 0.382. The van der Waals surface area contributed by atoms with Crippen molar-refractivity contribution in [3.05, 3.63) is 17.5 Å². The van der Waals surface area contributed by atoms with Crippen LogP contribution < -0.4 is 5.32 Å². The molecule has 0 bridgehead atoms. The van der Waals surface area contributed by atoms with Crippen LogP contribution in [0.2, 0.25) is 0 Å². The predicted molar refractivity (Wildman–Crippen MR) is 68.2 cm³/mol. The molecule has 0 saturated heterocycles. The lowest BCUT2D eigenvalue weighted by molar-refractivity contribution is 0.0668. The largest absolute Gasteiger partial charge is 0.381 e. The number of ether oxygens (including phenoxy) is 1. The first-order valence-electron chi connectivity index (χ1n) is 6.29. The molecule has 0 aromatic carbocycles. The highest BCUT2D eigenvalue weighted by molar-refractivity contribution is 5.29. The number of hydrogen-bond donors (Lipinski definition) is 1. The van der Waals surface area contributed by atoms with E-state index in [0.717, 1.165) is 23.8 Å². The highest BCUT2D eigenvalue weighted by Gasteiger charge is 2.22. The van der Waals surface area contributed by atoms with Crippen molar-refractivity contribution in [2.45, 2.75) is 51.7 Å². The summed E-state index contributed by atoms with van der Waals surface area (Å²) in [7, 11) is 1.79. The SMILES string of the molecule is COC1CCCC(Nc2nc(C)cc(C)n2)C1. The van der Waals surface area contributed by atoms with Crippen LogP contribution in [0.25, 0.3) is 0 Å². The standard InChI is InChI=1S/C13H21N3O/c1-9-7-10(2)15-13(14-9)16-11-5-4-6-12(8-11)17-3/h7,11-12H,4-6,8H2,1-3H3,(H,14,15,16). The van der Waals surface area contributed by atoms with Gasteiger partial charge >= 0.3 is 0 Å². The number of anilines is 1. The summed E-state index contributed by atoms with van der Waals surface area (Å²) in [6.45, 7) is 4.00. The fraction of sp³-hybridized carbons (Fsp3) is 0.692. The molecule has 2 unspecified atom stereocenters. The van der Waals surface area contributed by atoms with Crippen LogP contribution >= 0.6 is 0 Å². The van der Waals surface area contributed by atoms with Crippen molar-refractivity contribution >= 4 is 5.95 Å². The lowest BCUT2D eigenvalue weighted by atomic mass is 9.93. The zero-order chi connectivity index (χ0) is 12.3. The van der Waals surface area contributed by atoms with Gasteiger partial charge < -0.3 is 10.1 Å². The number of nitrogens with zero attached hydrogens (tertiary/aromatic N) is 2. The Morgan fingerprint density at radius 1 is 1.24 bits per heavy atom. The van der Waals surface area contributed by atoms with E-state index in [-0.39, 0.29) is 0 Å². The Labute approximate surface area is 103 Å². The first-order valence-corrected chi connectivity index (χ1v) is 6.29. The Balaban J connectivity index is 2.00. The lowest BCUT2D eigenvalue weighted by Gasteiger charge is -2.28. The topological polar surface area (TPSA) is 47.0 Å². The van der Waals surface area contributed by atoms with Crippen LogP contribution in [0.4, 0.5) is 5.95 Å². The van der Waals surface area contributed by atoms with Gasteiger partial charge in [-0.25, -0.2) is 9.97 Å². The normalized spacial score (nSPS) is 24.6. The predicted octanol–water partition coefficient (Wildman–Crippen LogP) is 2.46. The van der Waals surface area contributed by atoms with E-state index in [2.05, 4.69) is 15.3 Å². The van der Waals surface area contributed by atoms with E-state index in [9.17, 15) is 0 Å². The molecule has 0 amide bonds. The van der Waals surface area contributed by atoms with Gasteiger partial charge in [-0.2, -0.15) is 0 Å². The zero-order valence-electron chi connectivity index (χ0n) is 10.9. The molecule has 1 heterocycles. The van der Waals surface area contributed by atoms with Crippen LogP contribution in [-0.4, -0.2) is 29.2 Å². The summed E-state index contributed by atoms with van der Waals surface area (Å²) >= 11 is 0. The van der Waals surface area contributed by atoms with Gasteiger partial charge in [-0.1, -0.05) is 0 Å². The molecule has 0 aliphatic heterocycles. The molecule has 1 saturated carbocycles. The van der Waals surface area contributed by atoms with Gasteiger partial charge in [-0.05, 0) is 45.6 Å². The molecular weight excluding hydrogens is 214 g/mol. The summed E-state index contributed by atoms with van der Waals surface area (Å²) in [5.41, 5.74) is 2.03. The maximum atomic E-state index is 5.43. The van der Waals surface area contributed by atoms with Gasteiger partial charge in [0.25, 0.3) is 0 Å². The molecule has 1 aliphatic carbocycles. The van der Waals surface area contributed by atoms with E-state index < -0.39 is 0 Å². The minimum Gasteiger partial charge on any atom is -0.381 e. The Morgan fingerprint density at radius 2 is 1.94 bits per heavy atom. The highest BCUT2D eigenvalue weighted by atomic mass is 16.5. The Bertz CT molecular complexity index is 361. The van der Waals surface area contributed by atoms with Crippen LogP contribution in [0.5, 0.6) is 0 Å². The maximum Gasteiger partial charge on any atom is 0.223 e. The van der Waals surface area contributed by atoms with E-state index in [4.69, 9.17) is 4.74 Å². The van der Waals surface area contributed by atoms with E-state index in [1.807, 2.05) is 19.9 Å². The summed E-state index contributed by atoms with van der Waals surface area (Å²) in [5, 5.41) is 3.42. The van der Waals surface area contributed by atoms with Gasteiger partial charge in [0.2, 0.25) is 5.95 Å². The van der Waals surface area contributed by atoms with Crippen LogP contribution in [-0.2, 0) is 4.74 Å². The number of aryl methyl sites for hydroxylation is 2. The number of methoxy groups -OCH3 is 1. The third-order valence-electron chi connectivity index (χ3n) is 3.27. The average Bonchev–Trinajstić information content (AvgIpc) is 2.28. The number of hydrogen-bond acceptors (Lipinski definition) is 4. The second-order valence-electron chi connectivity index (χ2n) is 4.84. The van der Waals surface area contributed by atoms with Gasteiger partial charge in [-0.15, -0.1) is 0 Å². The Morgan fingerprint density at radius 3 is 2.59 bits per heavy atom. The van der Waals surface area contributed by atoms with E-state index in [1.54, 1.807) is 7.11 Å². The summed E-state index contributed by atoms with van der Waals surface area (Å²) < 4.78 is 5.43. The molecule has 1 aliphatic rings. The number of aromatic nitrogens is 2. The van der Waals surface area contributed by atoms with Crippen molar-refractivity contribution in [1.29, 1.82) is 0 Å². The minimum absolute atomic E-state index is 0.382. The van der Waals surface area contributed by atoms with Crippen LogP contribution in [0, 0.1) is 13.8 Å². The molecule has 17 heavy (non-hydrogen) atoms. The van der Waals surface area contributed by atoms with Gasteiger partial charge in [0.05, 0.1) is 6.10 Å². The summed E-state index contributed by atoms with van der Waals surface area (Å²) in [5.74, 6) is 0.754. The van der Waals surface area contributed by atoms with E-state index in [0.29, 0.717) is 12.1 Å². The molecule has 1 aromatic rings. The molecule has 94 valence electrons. The van der Waals surface area contributed by atoms with Crippen LogP contribution in [0.3, 0.4) is 0 Å². The Hall–Kier alpha value is -1.16. The van der Waals surface area contributed by atoms with Crippen molar-refractivity contribution in [1.82, 2.24) is 9.97 Å². The van der Waals surface area contributed by atoms with Crippen molar-refractivity contribution < 1.29 is 4.74 Å². The third-order valence-corrected chi connectivity index (χ3v) is 3.27. The molecule has 2 atom stereocenters. The first-order chi connectivity index (χ1) is 8.17. The molecule has 1 fully saturated rings. The van der Waals surface area contributed by atoms with Gasteiger partial charge in [0.1, 0.15) is 0 Å². The molecule has 1 N–H and O–H groups in total. The fourth-order valence-electron chi connectivity index (χ4n) is 2.46. The highest BCUT2D eigenvalue weighted by Crippen LogP contribution is 2.22. The summed E-state index contributed by atoms with van der Waals surface area (Å²) in [6, 6.07) is 2.43. The molecule has 4 nitrogen and oxygen atoms in total. The number of nitrogens with one attached hydrogen (secondary N) is 1. The smallest absolute Gasteiger partial charge is 0.223 e. The zero-order valence-corrected chi connectivity index (χ0v) is 10.9. The van der Waals surface area contributed by atoms with E-state index in [1.165, 1.54) is 19.3 Å². The van der Waals surface area contributed by atoms with Gasteiger partial charge in [0, 0.05) is 24.5 Å². The Kier molecular flexibility index (Phi) is 3.94. The summed E-state index contributed by atoms with van der Waals surface area (Å²) in [6.07, 6.45) is 4.99. The molecule has 4 heteroatoms. The molecular formula is C13H21N3O. The lowest BCUT2D eigenvalue weighted by Crippen LogP contribution is -2.31. The van der Waals surface area contributed by atoms with Crippen LogP contribution in [0.15, 0.2) is 6.07 Å². The maximum absolute atomic E-state index is 5.43. The molecule has 2 rings (SSSR count). The second-order valence-corrected chi connectivity index (χ2v) is 4.84. The first kappa shape index (κ1) is 12.3.